The number of benzene rings is 2. The van der Waals surface area contributed by atoms with E-state index < -0.39 is 5.66 Å². The molecule has 4 rings (SSSR count). The normalized spacial score (nSPS) is 22.8. The molecule has 0 N–H and O–H groups in total. The number of fused-ring (bicyclic) bond motifs is 2. The quantitative estimate of drug-likeness (QED) is 0.813. The Hall–Kier alpha value is -2.95. The SMILES string of the molecule is CC1=NN(c2ccccc2)C2(C1=O)c1ccccc1C(=O)N2C. The lowest BCUT2D eigenvalue weighted by molar-refractivity contribution is -0.121. The molecule has 0 saturated heterocycles. The zero-order chi connectivity index (χ0) is 16.2. The highest BCUT2D eigenvalue weighted by Crippen LogP contribution is 2.46. The minimum Gasteiger partial charge on any atom is -0.306 e. The van der Waals surface area contributed by atoms with Gasteiger partial charge in [0, 0.05) is 18.2 Å². The van der Waals surface area contributed by atoms with Crippen LogP contribution in [0.25, 0.3) is 0 Å². The van der Waals surface area contributed by atoms with Crippen LogP contribution >= 0.6 is 0 Å². The van der Waals surface area contributed by atoms with Crippen molar-refractivity contribution in [2.75, 3.05) is 12.1 Å². The second-order valence-corrected chi connectivity index (χ2v) is 5.74. The summed E-state index contributed by atoms with van der Waals surface area (Å²) in [7, 11) is 1.66. The minimum atomic E-state index is -1.22. The van der Waals surface area contributed by atoms with Crippen molar-refractivity contribution in [3.8, 4) is 0 Å². The fraction of sp³-hybridized carbons (Fsp3) is 0.167. The van der Waals surface area contributed by atoms with Gasteiger partial charge in [-0.15, -0.1) is 0 Å². The van der Waals surface area contributed by atoms with E-state index in [1.54, 1.807) is 25.0 Å². The molecular weight excluding hydrogens is 290 g/mol. The molecule has 0 fully saturated rings. The second-order valence-electron chi connectivity index (χ2n) is 5.74. The third-order valence-electron chi connectivity index (χ3n) is 4.53. The Morgan fingerprint density at radius 2 is 1.61 bits per heavy atom. The van der Waals surface area contributed by atoms with E-state index in [1.165, 1.54) is 4.90 Å². The Morgan fingerprint density at radius 1 is 0.957 bits per heavy atom. The summed E-state index contributed by atoms with van der Waals surface area (Å²) in [4.78, 5) is 27.2. The number of amides is 1. The van der Waals surface area contributed by atoms with Crippen molar-refractivity contribution >= 4 is 23.1 Å². The summed E-state index contributed by atoms with van der Waals surface area (Å²) in [6.45, 7) is 1.69. The van der Waals surface area contributed by atoms with E-state index in [-0.39, 0.29) is 11.7 Å². The highest BCUT2D eigenvalue weighted by Gasteiger charge is 2.61. The minimum absolute atomic E-state index is 0.165. The fourth-order valence-electron chi connectivity index (χ4n) is 3.44. The van der Waals surface area contributed by atoms with Crippen LogP contribution in [-0.4, -0.2) is 29.3 Å². The van der Waals surface area contributed by atoms with Crippen LogP contribution in [-0.2, 0) is 10.5 Å². The Morgan fingerprint density at radius 3 is 2.35 bits per heavy atom. The molecule has 5 nitrogen and oxygen atoms in total. The molecule has 23 heavy (non-hydrogen) atoms. The first-order chi connectivity index (χ1) is 11.1. The molecule has 0 bridgehead atoms. The first-order valence-electron chi connectivity index (χ1n) is 7.41. The van der Waals surface area contributed by atoms with Crippen molar-refractivity contribution in [3.63, 3.8) is 0 Å². The molecule has 1 amide bonds. The zero-order valence-electron chi connectivity index (χ0n) is 12.9. The van der Waals surface area contributed by atoms with Gasteiger partial charge in [0.15, 0.2) is 0 Å². The molecule has 0 aliphatic carbocycles. The number of carbonyl (C=O) groups excluding carboxylic acids is 2. The number of hydrazone groups is 1. The van der Waals surface area contributed by atoms with Crippen LogP contribution in [0.5, 0.6) is 0 Å². The summed E-state index contributed by atoms with van der Waals surface area (Å²) >= 11 is 0. The summed E-state index contributed by atoms with van der Waals surface area (Å²) in [6, 6.07) is 16.7. The Balaban J connectivity index is 2.02. The average Bonchev–Trinajstić information content (AvgIpc) is 2.98. The number of anilines is 1. The van der Waals surface area contributed by atoms with Gasteiger partial charge < -0.3 is 4.90 Å². The van der Waals surface area contributed by atoms with Gasteiger partial charge in [-0.25, -0.2) is 5.01 Å². The molecule has 2 heterocycles. The number of hydrogen-bond donors (Lipinski definition) is 0. The molecule has 2 aromatic carbocycles. The number of rotatable bonds is 1. The first-order valence-corrected chi connectivity index (χ1v) is 7.41. The van der Waals surface area contributed by atoms with Crippen LogP contribution in [0, 0.1) is 0 Å². The molecule has 114 valence electrons. The first kappa shape index (κ1) is 13.7. The fourth-order valence-corrected chi connectivity index (χ4v) is 3.44. The van der Waals surface area contributed by atoms with Gasteiger partial charge in [0.05, 0.1) is 5.69 Å². The van der Waals surface area contributed by atoms with E-state index >= 15 is 0 Å². The molecule has 1 unspecified atom stereocenters. The highest BCUT2D eigenvalue weighted by atomic mass is 16.2. The van der Waals surface area contributed by atoms with Gasteiger partial charge >= 0.3 is 0 Å². The van der Waals surface area contributed by atoms with Crippen molar-refractivity contribution in [1.29, 1.82) is 0 Å². The van der Waals surface area contributed by atoms with Crippen molar-refractivity contribution < 1.29 is 9.59 Å². The van der Waals surface area contributed by atoms with Crippen LogP contribution in [0.4, 0.5) is 5.69 Å². The third kappa shape index (κ3) is 1.54. The number of likely N-dealkylation sites (N-methyl/N-ethyl adjacent to an activating group) is 1. The van der Waals surface area contributed by atoms with Crippen molar-refractivity contribution in [3.05, 3.63) is 65.7 Å². The van der Waals surface area contributed by atoms with Gasteiger partial charge in [-0.05, 0) is 25.1 Å². The van der Waals surface area contributed by atoms with Gasteiger partial charge in [0.25, 0.3) is 5.91 Å². The summed E-state index contributed by atoms with van der Waals surface area (Å²) in [5, 5.41) is 6.13. The number of nitrogens with zero attached hydrogens (tertiary/aromatic N) is 3. The van der Waals surface area contributed by atoms with Gasteiger partial charge in [-0.1, -0.05) is 36.4 Å². The van der Waals surface area contributed by atoms with Crippen molar-refractivity contribution in [2.45, 2.75) is 12.6 Å². The molecule has 2 aliphatic heterocycles. The van der Waals surface area contributed by atoms with Gasteiger partial charge in [-0.3, -0.25) is 9.59 Å². The number of ketones is 1. The second kappa shape index (κ2) is 4.52. The van der Waals surface area contributed by atoms with E-state index in [4.69, 9.17) is 0 Å². The number of para-hydroxylation sites is 1. The maximum atomic E-state index is 13.1. The maximum Gasteiger partial charge on any atom is 0.256 e. The molecule has 2 aromatic rings. The Kier molecular flexibility index (Phi) is 2.69. The van der Waals surface area contributed by atoms with E-state index in [1.807, 2.05) is 48.5 Å². The maximum absolute atomic E-state index is 13.1. The summed E-state index contributed by atoms with van der Waals surface area (Å²) in [5.41, 5.74) is 1.18. The van der Waals surface area contributed by atoms with Crippen molar-refractivity contribution in [1.82, 2.24) is 4.90 Å². The summed E-state index contributed by atoms with van der Waals surface area (Å²) in [5.74, 6) is -0.332. The van der Waals surface area contributed by atoms with Crippen LogP contribution in [0.1, 0.15) is 22.8 Å². The van der Waals surface area contributed by atoms with Crippen LogP contribution < -0.4 is 5.01 Å². The number of Topliss-reactive ketones (excluding diaryl/α,β-unsaturated/α-hetero) is 1. The monoisotopic (exact) mass is 305 g/mol. The topological polar surface area (TPSA) is 53.0 Å². The lowest BCUT2D eigenvalue weighted by Crippen LogP contribution is -2.56. The highest BCUT2D eigenvalue weighted by molar-refractivity contribution is 6.45. The molecule has 0 saturated carbocycles. The third-order valence-corrected chi connectivity index (χ3v) is 4.53. The smallest absolute Gasteiger partial charge is 0.256 e. The lowest BCUT2D eigenvalue weighted by Gasteiger charge is -2.38. The van der Waals surface area contributed by atoms with Crippen LogP contribution in [0.3, 0.4) is 0 Å². The molecule has 0 aromatic heterocycles. The van der Waals surface area contributed by atoms with Crippen LogP contribution in [0.2, 0.25) is 0 Å². The summed E-state index contributed by atoms with van der Waals surface area (Å²) < 4.78 is 0. The van der Waals surface area contributed by atoms with Crippen LogP contribution in [0.15, 0.2) is 59.7 Å². The molecule has 2 aliphatic rings. The Labute approximate surface area is 133 Å². The van der Waals surface area contributed by atoms with Gasteiger partial charge in [0.2, 0.25) is 11.4 Å². The van der Waals surface area contributed by atoms with Gasteiger partial charge in [0.1, 0.15) is 5.71 Å². The van der Waals surface area contributed by atoms with E-state index in [9.17, 15) is 9.59 Å². The van der Waals surface area contributed by atoms with Crippen molar-refractivity contribution in [2.24, 2.45) is 5.10 Å². The average molecular weight is 305 g/mol. The molecule has 1 spiro atoms. The molecule has 0 radical (unpaired) electrons. The van der Waals surface area contributed by atoms with E-state index in [0.717, 1.165) is 5.69 Å². The Bertz CT molecular complexity index is 860. The predicted molar refractivity (Wildman–Crippen MR) is 87.3 cm³/mol. The van der Waals surface area contributed by atoms with E-state index in [2.05, 4.69) is 5.10 Å². The lowest BCUT2D eigenvalue weighted by atomic mass is 9.92. The number of carbonyl (C=O) groups is 2. The van der Waals surface area contributed by atoms with Gasteiger partial charge in [-0.2, -0.15) is 5.10 Å². The molecule has 5 heteroatoms. The summed E-state index contributed by atoms with van der Waals surface area (Å²) in [6.07, 6.45) is 0. The zero-order valence-corrected chi connectivity index (χ0v) is 12.9. The van der Waals surface area contributed by atoms with E-state index in [0.29, 0.717) is 16.8 Å². The number of hydrogen-bond acceptors (Lipinski definition) is 4. The predicted octanol–water partition coefficient (Wildman–Crippen LogP) is 2.39. The standard InChI is InChI=1S/C18H15N3O2/c1-12-16(22)18(21(19-12)13-8-4-3-5-9-13)15-11-7-6-10-14(15)17(23)20(18)2/h3-11H,1-2H3. The largest absolute Gasteiger partial charge is 0.306 e. The molecular formula is C18H15N3O2. The molecule has 1 atom stereocenters.